The first kappa shape index (κ1) is 14.9. The topological polar surface area (TPSA) is 37.8 Å². The second kappa shape index (κ2) is 7.33. The van der Waals surface area contributed by atoms with E-state index in [1.54, 1.807) is 12.3 Å². The highest BCUT2D eigenvalue weighted by Crippen LogP contribution is 2.13. The van der Waals surface area contributed by atoms with Crippen LogP contribution in [0.5, 0.6) is 0 Å². The number of aryl methyl sites for hydroxylation is 1. The van der Waals surface area contributed by atoms with Crippen molar-refractivity contribution in [2.24, 2.45) is 0 Å². The Morgan fingerprint density at radius 1 is 1.29 bits per heavy atom. The lowest BCUT2D eigenvalue weighted by atomic mass is 10.2. The van der Waals surface area contributed by atoms with Gasteiger partial charge in [-0.3, -0.25) is 4.98 Å². The van der Waals surface area contributed by atoms with Crippen molar-refractivity contribution < 1.29 is 4.39 Å². The third-order valence-electron chi connectivity index (χ3n) is 2.91. The second-order valence-corrected chi connectivity index (χ2v) is 4.60. The molecule has 2 heterocycles. The molecule has 0 aliphatic rings. The van der Waals surface area contributed by atoms with Crippen molar-refractivity contribution in [2.45, 2.75) is 20.3 Å². The van der Waals surface area contributed by atoms with Gasteiger partial charge in [0.2, 0.25) is 5.95 Å². The molecule has 3 nitrogen and oxygen atoms in total. The number of hydrogen-bond acceptors (Lipinski definition) is 3. The molecule has 0 bridgehead atoms. The van der Waals surface area contributed by atoms with Crippen molar-refractivity contribution in [1.29, 1.82) is 0 Å². The molecule has 21 heavy (non-hydrogen) atoms. The van der Waals surface area contributed by atoms with E-state index < -0.39 is 5.95 Å². The lowest BCUT2D eigenvalue weighted by Gasteiger charge is -2.07. The fraction of sp³-hybridized carbons (Fsp3) is 0.176. The van der Waals surface area contributed by atoms with E-state index in [9.17, 15) is 4.39 Å². The van der Waals surface area contributed by atoms with Gasteiger partial charge in [0, 0.05) is 29.8 Å². The molecule has 4 heteroatoms. The average Bonchev–Trinajstić information content (AvgIpc) is 2.46. The second-order valence-electron chi connectivity index (χ2n) is 4.60. The number of rotatable bonds is 5. The van der Waals surface area contributed by atoms with Crippen LogP contribution in [0.3, 0.4) is 0 Å². The minimum absolute atomic E-state index is 0.500. The Morgan fingerprint density at radius 3 is 2.86 bits per heavy atom. The molecule has 0 spiro atoms. The Morgan fingerprint density at radius 2 is 2.14 bits per heavy atom. The first-order chi connectivity index (χ1) is 10.2. The fourth-order valence-electron chi connectivity index (χ4n) is 1.87. The maximum absolute atomic E-state index is 13.1. The van der Waals surface area contributed by atoms with Crippen LogP contribution >= 0.6 is 0 Å². The molecule has 0 aliphatic carbocycles. The van der Waals surface area contributed by atoms with Crippen LogP contribution in [0.4, 0.5) is 10.1 Å². The Bertz CT molecular complexity index is 663. The molecule has 0 aliphatic heterocycles. The molecule has 0 fully saturated rings. The smallest absolute Gasteiger partial charge is 0.214 e. The van der Waals surface area contributed by atoms with Gasteiger partial charge in [-0.2, -0.15) is 4.39 Å². The van der Waals surface area contributed by atoms with Crippen LogP contribution in [0.15, 0.2) is 54.5 Å². The van der Waals surface area contributed by atoms with E-state index in [1.165, 1.54) is 12.3 Å². The van der Waals surface area contributed by atoms with Gasteiger partial charge in [0.1, 0.15) is 0 Å². The lowest BCUT2D eigenvalue weighted by molar-refractivity contribution is 0.584. The van der Waals surface area contributed by atoms with E-state index in [2.05, 4.69) is 22.2 Å². The third-order valence-corrected chi connectivity index (χ3v) is 2.91. The number of halogens is 1. The summed E-state index contributed by atoms with van der Waals surface area (Å²) >= 11 is 0. The molecule has 0 atom stereocenters. The maximum atomic E-state index is 13.1. The first-order valence-corrected chi connectivity index (χ1v) is 6.87. The van der Waals surface area contributed by atoms with Crippen LogP contribution in [0.25, 0.3) is 6.08 Å². The molecule has 2 rings (SSSR count). The van der Waals surface area contributed by atoms with E-state index in [1.807, 2.05) is 37.3 Å². The summed E-state index contributed by atoms with van der Waals surface area (Å²) in [7, 11) is 0. The fourth-order valence-corrected chi connectivity index (χ4v) is 1.87. The summed E-state index contributed by atoms with van der Waals surface area (Å²) in [6.07, 6.45) is 10.0. The van der Waals surface area contributed by atoms with Crippen LogP contribution < -0.4 is 5.32 Å². The van der Waals surface area contributed by atoms with Crippen molar-refractivity contribution in [1.82, 2.24) is 9.97 Å². The van der Waals surface area contributed by atoms with E-state index in [4.69, 9.17) is 0 Å². The van der Waals surface area contributed by atoms with Gasteiger partial charge in [0.05, 0.1) is 5.69 Å². The molecule has 0 aromatic carbocycles. The zero-order chi connectivity index (χ0) is 15.1. The van der Waals surface area contributed by atoms with Crippen molar-refractivity contribution in [2.75, 3.05) is 5.32 Å². The van der Waals surface area contributed by atoms with Crippen LogP contribution in [0.1, 0.15) is 24.6 Å². The summed E-state index contributed by atoms with van der Waals surface area (Å²) in [5, 5.41) is 3.18. The quantitative estimate of drug-likeness (QED) is 0.655. The molecule has 0 unspecified atom stereocenters. The molecular weight excluding hydrogens is 265 g/mol. The molecular formula is C17H18FN3. The number of hydrogen-bond donors (Lipinski definition) is 1. The average molecular weight is 283 g/mol. The normalized spacial score (nSPS) is 11.9. The van der Waals surface area contributed by atoms with Crippen LogP contribution in [0, 0.1) is 12.9 Å². The van der Waals surface area contributed by atoms with Gasteiger partial charge < -0.3 is 5.32 Å². The highest BCUT2D eigenvalue weighted by molar-refractivity contribution is 5.57. The minimum Gasteiger partial charge on any atom is -0.356 e. The van der Waals surface area contributed by atoms with Crippen LogP contribution in [0.2, 0.25) is 0 Å². The van der Waals surface area contributed by atoms with Gasteiger partial charge in [-0.15, -0.1) is 0 Å². The van der Waals surface area contributed by atoms with E-state index in [-0.39, 0.29) is 0 Å². The van der Waals surface area contributed by atoms with Gasteiger partial charge in [0.25, 0.3) is 0 Å². The molecule has 108 valence electrons. The molecule has 0 amide bonds. The maximum Gasteiger partial charge on any atom is 0.214 e. The Kier molecular flexibility index (Phi) is 5.21. The zero-order valence-corrected chi connectivity index (χ0v) is 12.2. The largest absolute Gasteiger partial charge is 0.356 e. The van der Waals surface area contributed by atoms with Gasteiger partial charge >= 0.3 is 0 Å². The van der Waals surface area contributed by atoms with Crippen molar-refractivity contribution in [3.05, 3.63) is 71.7 Å². The summed E-state index contributed by atoms with van der Waals surface area (Å²) in [5.41, 5.74) is 3.60. The molecule has 2 aromatic rings. The number of aromatic nitrogens is 2. The zero-order valence-electron chi connectivity index (χ0n) is 12.2. The Balaban J connectivity index is 2.17. The van der Waals surface area contributed by atoms with Crippen LogP contribution in [-0.4, -0.2) is 9.97 Å². The number of anilines is 1. The summed E-state index contributed by atoms with van der Waals surface area (Å²) in [6, 6.07) is 7.02. The van der Waals surface area contributed by atoms with Crippen LogP contribution in [-0.2, 0) is 0 Å². The van der Waals surface area contributed by atoms with E-state index in [0.29, 0.717) is 5.69 Å². The molecule has 1 N–H and O–H groups in total. The highest BCUT2D eigenvalue weighted by atomic mass is 19.1. The Labute approximate surface area is 124 Å². The van der Waals surface area contributed by atoms with Crippen molar-refractivity contribution in [3.8, 4) is 0 Å². The summed E-state index contributed by atoms with van der Waals surface area (Å²) in [5.74, 6) is -0.500. The molecule has 0 saturated heterocycles. The number of allylic oxidation sites excluding steroid dienone is 2. The molecule has 0 saturated carbocycles. The first-order valence-electron chi connectivity index (χ1n) is 6.87. The third kappa shape index (κ3) is 4.53. The monoisotopic (exact) mass is 283 g/mol. The van der Waals surface area contributed by atoms with E-state index in [0.717, 1.165) is 23.4 Å². The molecule has 2 aromatic heterocycles. The van der Waals surface area contributed by atoms with Gasteiger partial charge in [-0.05, 0) is 43.2 Å². The number of nitrogens with one attached hydrogen (secondary N) is 1. The highest BCUT2D eigenvalue weighted by Gasteiger charge is 1.98. The summed E-state index contributed by atoms with van der Waals surface area (Å²) in [4.78, 5) is 7.86. The number of pyridine rings is 2. The molecule has 0 radical (unpaired) electrons. The van der Waals surface area contributed by atoms with E-state index >= 15 is 0 Å². The SMILES string of the molecule is CC/C=C(/C=C\c1ncccc1C)Nc1ccnc(F)c1. The van der Waals surface area contributed by atoms with Crippen molar-refractivity contribution >= 4 is 11.8 Å². The van der Waals surface area contributed by atoms with Crippen molar-refractivity contribution in [3.63, 3.8) is 0 Å². The lowest BCUT2D eigenvalue weighted by Crippen LogP contribution is -1.98. The summed E-state index contributed by atoms with van der Waals surface area (Å²) < 4.78 is 13.1. The standard InChI is InChI=1S/C17H18FN3/c1-3-5-14(21-15-9-11-20-17(18)12-15)7-8-16-13(2)6-4-10-19-16/h4-12H,3H2,1-2H3,(H,20,21)/b8-7-,14-5-. The summed E-state index contributed by atoms with van der Waals surface area (Å²) in [6.45, 7) is 4.07. The van der Waals surface area contributed by atoms with Gasteiger partial charge in [0.15, 0.2) is 0 Å². The predicted molar refractivity (Wildman–Crippen MR) is 84.2 cm³/mol. The van der Waals surface area contributed by atoms with Gasteiger partial charge in [-0.25, -0.2) is 4.98 Å². The minimum atomic E-state index is -0.500. The van der Waals surface area contributed by atoms with Gasteiger partial charge in [-0.1, -0.05) is 19.1 Å². The predicted octanol–water partition coefficient (Wildman–Crippen LogP) is 4.34. The number of nitrogens with zero attached hydrogens (tertiary/aromatic N) is 2. The Hall–Kier alpha value is -2.49.